The Labute approximate surface area is 115 Å². The molecule has 1 aliphatic heterocycles. The molecule has 0 bridgehead atoms. The summed E-state index contributed by atoms with van der Waals surface area (Å²) in [7, 11) is 0. The van der Waals surface area contributed by atoms with Gasteiger partial charge in [-0.2, -0.15) is 0 Å². The van der Waals surface area contributed by atoms with Gasteiger partial charge in [0.1, 0.15) is 0 Å². The SMILES string of the molecule is CCC(N)C(c1ccc(C)s1)N1CCCCC1C. The van der Waals surface area contributed by atoms with Gasteiger partial charge in [0.25, 0.3) is 0 Å². The lowest BCUT2D eigenvalue weighted by Crippen LogP contribution is -2.47. The lowest BCUT2D eigenvalue weighted by Gasteiger charge is -2.41. The molecule has 0 aliphatic carbocycles. The van der Waals surface area contributed by atoms with Crippen LogP contribution in [0.3, 0.4) is 0 Å². The van der Waals surface area contributed by atoms with Crippen LogP contribution in [0.5, 0.6) is 0 Å². The molecule has 0 spiro atoms. The fraction of sp³-hybridized carbons (Fsp3) is 0.733. The molecule has 2 rings (SSSR count). The minimum atomic E-state index is 0.253. The Balaban J connectivity index is 2.24. The second-order valence-corrected chi connectivity index (χ2v) is 6.87. The van der Waals surface area contributed by atoms with Gasteiger partial charge in [-0.15, -0.1) is 11.3 Å². The topological polar surface area (TPSA) is 29.3 Å². The third-order valence-electron chi connectivity index (χ3n) is 4.14. The van der Waals surface area contributed by atoms with Gasteiger partial charge in [0.05, 0.1) is 6.04 Å². The summed E-state index contributed by atoms with van der Waals surface area (Å²) in [6, 6.07) is 5.85. The van der Waals surface area contributed by atoms with Gasteiger partial charge >= 0.3 is 0 Å². The normalized spacial score (nSPS) is 25.0. The Morgan fingerprint density at radius 3 is 2.78 bits per heavy atom. The highest BCUT2D eigenvalue weighted by molar-refractivity contribution is 7.12. The van der Waals surface area contributed by atoms with Gasteiger partial charge < -0.3 is 5.73 Å². The van der Waals surface area contributed by atoms with Crippen LogP contribution in [0.1, 0.15) is 55.3 Å². The zero-order chi connectivity index (χ0) is 13.1. The largest absolute Gasteiger partial charge is 0.326 e. The molecule has 0 saturated carbocycles. The Bertz CT molecular complexity index is 374. The van der Waals surface area contributed by atoms with Crippen molar-refractivity contribution in [2.75, 3.05) is 6.54 Å². The Hall–Kier alpha value is -0.380. The summed E-state index contributed by atoms with van der Waals surface area (Å²) in [5, 5.41) is 0. The smallest absolute Gasteiger partial charge is 0.0595 e. The van der Waals surface area contributed by atoms with Crippen LogP contribution in [0.4, 0.5) is 0 Å². The number of rotatable bonds is 4. The molecule has 1 fully saturated rings. The third kappa shape index (κ3) is 2.95. The molecule has 1 aromatic heterocycles. The van der Waals surface area contributed by atoms with Crippen LogP contribution in [-0.4, -0.2) is 23.5 Å². The Kier molecular flexibility index (Phi) is 4.82. The minimum Gasteiger partial charge on any atom is -0.326 e. The van der Waals surface area contributed by atoms with Gasteiger partial charge in [-0.05, 0) is 51.8 Å². The number of likely N-dealkylation sites (tertiary alicyclic amines) is 1. The summed E-state index contributed by atoms with van der Waals surface area (Å²) in [5.74, 6) is 0. The fourth-order valence-electron chi connectivity index (χ4n) is 2.99. The molecule has 102 valence electrons. The van der Waals surface area contributed by atoms with Crippen LogP contribution in [0.2, 0.25) is 0 Å². The van der Waals surface area contributed by atoms with E-state index in [9.17, 15) is 0 Å². The molecule has 3 atom stereocenters. The van der Waals surface area contributed by atoms with Crippen LogP contribution in [-0.2, 0) is 0 Å². The molecule has 0 aromatic carbocycles. The van der Waals surface area contributed by atoms with E-state index in [1.54, 1.807) is 0 Å². The first-order chi connectivity index (χ1) is 8.63. The molecule has 1 aromatic rings. The van der Waals surface area contributed by atoms with Crippen molar-refractivity contribution in [3.05, 3.63) is 21.9 Å². The van der Waals surface area contributed by atoms with E-state index in [0.717, 1.165) is 6.42 Å². The fourth-order valence-corrected chi connectivity index (χ4v) is 4.06. The van der Waals surface area contributed by atoms with Crippen molar-refractivity contribution in [3.8, 4) is 0 Å². The average Bonchev–Trinajstić information content (AvgIpc) is 2.78. The molecule has 3 unspecified atom stereocenters. The molecule has 0 amide bonds. The number of piperidine rings is 1. The summed E-state index contributed by atoms with van der Waals surface area (Å²) >= 11 is 1.91. The van der Waals surface area contributed by atoms with Crippen molar-refractivity contribution in [3.63, 3.8) is 0 Å². The second kappa shape index (κ2) is 6.18. The summed E-state index contributed by atoms with van der Waals surface area (Å²) in [4.78, 5) is 5.49. The molecule has 2 heterocycles. The van der Waals surface area contributed by atoms with Gasteiger partial charge in [0.2, 0.25) is 0 Å². The molecular formula is C15H26N2S. The molecule has 2 N–H and O–H groups in total. The zero-order valence-corrected chi connectivity index (χ0v) is 12.7. The van der Waals surface area contributed by atoms with Crippen molar-refractivity contribution in [1.82, 2.24) is 4.90 Å². The van der Waals surface area contributed by atoms with Crippen molar-refractivity contribution < 1.29 is 0 Å². The van der Waals surface area contributed by atoms with E-state index >= 15 is 0 Å². The molecule has 3 heteroatoms. The highest BCUT2D eigenvalue weighted by Gasteiger charge is 2.31. The predicted molar refractivity (Wildman–Crippen MR) is 80.1 cm³/mol. The Morgan fingerprint density at radius 2 is 2.22 bits per heavy atom. The van der Waals surface area contributed by atoms with Crippen LogP contribution in [0.25, 0.3) is 0 Å². The Morgan fingerprint density at radius 1 is 1.44 bits per heavy atom. The quantitative estimate of drug-likeness (QED) is 0.900. The standard InChI is InChI=1S/C15H26N2S/c1-4-13(16)15(14-9-8-12(3)18-14)17-10-6-5-7-11(17)2/h8-9,11,13,15H,4-7,10,16H2,1-3H3. The number of hydrogen-bond donors (Lipinski definition) is 1. The highest BCUT2D eigenvalue weighted by Crippen LogP contribution is 2.34. The number of aryl methyl sites for hydroxylation is 1. The second-order valence-electron chi connectivity index (χ2n) is 5.55. The zero-order valence-electron chi connectivity index (χ0n) is 11.9. The van der Waals surface area contributed by atoms with E-state index in [1.165, 1.54) is 35.6 Å². The van der Waals surface area contributed by atoms with Crippen LogP contribution < -0.4 is 5.73 Å². The first kappa shape index (κ1) is 14.0. The van der Waals surface area contributed by atoms with Crippen LogP contribution in [0, 0.1) is 6.92 Å². The maximum atomic E-state index is 6.42. The van der Waals surface area contributed by atoms with E-state index in [0.29, 0.717) is 12.1 Å². The summed E-state index contributed by atoms with van der Waals surface area (Å²) in [6.45, 7) is 7.94. The predicted octanol–water partition coefficient (Wildman–Crippen LogP) is 3.71. The number of nitrogens with zero attached hydrogens (tertiary/aromatic N) is 1. The van der Waals surface area contributed by atoms with Crippen LogP contribution >= 0.6 is 11.3 Å². The number of nitrogens with two attached hydrogens (primary N) is 1. The van der Waals surface area contributed by atoms with Gasteiger partial charge in [-0.1, -0.05) is 13.3 Å². The van der Waals surface area contributed by atoms with Crippen molar-refractivity contribution in [2.45, 2.75) is 64.6 Å². The van der Waals surface area contributed by atoms with Gasteiger partial charge in [0, 0.05) is 21.8 Å². The summed E-state index contributed by atoms with van der Waals surface area (Å²) in [5.41, 5.74) is 6.42. The lowest BCUT2D eigenvalue weighted by molar-refractivity contribution is 0.0900. The summed E-state index contributed by atoms with van der Waals surface area (Å²) < 4.78 is 0. The summed E-state index contributed by atoms with van der Waals surface area (Å²) in [6.07, 6.45) is 5.05. The molecule has 0 radical (unpaired) electrons. The van der Waals surface area contributed by atoms with Crippen molar-refractivity contribution >= 4 is 11.3 Å². The van der Waals surface area contributed by atoms with E-state index in [2.05, 4.69) is 37.8 Å². The van der Waals surface area contributed by atoms with Crippen LogP contribution in [0.15, 0.2) is 12.1 Å². The molecule has 2 nitrogen and oxygen atoms in total. The van der Waals surface area contributed by atoms with E-state index in [4.69, 9.17) is 5.73 Å². The molecular weight excluding hydrogens is 240 g/mol. The van der Waals surface area contributed by atoms with Crippen molar-refractivity contribution in [1.29, 1.82) is 0 Å². The molecule has 1 aliphatic rings. The first-order valence-electron chi connectivity index (χ1n) is 7.21. The van der Waals surface area contributed by atoms with Gasteiger partial charge in [-0.25, -0.2) is 0 Å². The maximum absolute atomic E-state index is 6.42. The monoisotopic (exact) mass is 266 g/mol. The first-order valence-corrected chi connectivity index (χ1v) is 8.02. The highest BCUT2D eigenvalue weighted by atomic mass is 32.1. The number of thiophene rings is 1. The number of hydrogen-bond acceptors (Lipinski definition) is 3. The molecule has 1 saturated heterocycles. The van der Waals surface area contributed by atoms with E-state index in [-0.39, 0.29) is 6.04 Å². The molecule has 18 heavy (non-hydrogen) atoms. The van der Waals surface area contributed by atoms with Gasteiger partial charge in [-0.3, -0.25) is 4.90 Å². The van der Waals surface area contributed by atoms with E-state index < -0.39 is 0 Å². The maximum Gasteiger partial charge on any atom is 0.0595 e. The van der Waals surface area contributed by atoms with Crippen molar-refractivity contribution in [2.24, 2.45) is 5.73 Å². The lowest BCUT2D eigenvalue weighted by atomic mass is 9.96. The third-order valence-corrected chi connectivity index (χ3v) is 5.21. The average molecular weight is 266 g/mol. The van der Waals surface area contributed by atoms with Gasteiger partial charge in [0.15, 0.2) is 0 Å². The minimum absolute atomic E-state index is 0.253. The van der Waals surface area contributed by atoms with E-state index in [1.807, 2.05) is 11.3 Å².